The minimum Gasteiger partial charge on any atom is -0.497 e. The molecule has 2 heterocycles. The van der Waals surface area contributed by atoms with Gasteiger partial charge in [0.25, 0.3) is 5.91 Å². The third-order valence-electron chi connectivity index (χ3n) is 4.71. The number of halogens is 1. The molecule has 0 N–H and O–H groups in total. The molecule has 2 aliphatic heterocycles. The Morgan fingerprint density at radius 3 is 2.60 bits per heavy atom. The number of anilines is 1. The average Bonchev–Trinajstić information content (AvgIpc) is 3.22. The summed E-state index contributed by atoms with van der Waals surface area (Å²) >= 11 is 9.18. The van der Waals surface area contributed by atoms with E-state index in [0.29, 0.717) is 21.6 Å². The number of thioether (sulfide) groups is 2. The van der Waals surface area contributed by atoms with Crippen LogP contribution in [-0.2, 0) is 4.79 Å². The fourth-order valence-corrected chi connectivity index (χ4v) is 5.29. The molecular formula is C22H20ClN3O2S2. The van der Waals surface area contributed by atoms with Crippen LogP contribution in [-0.4, -0.2) is 36.7 Å². The maximum absolute atomic E-state index is 12.9. The first kappa shape index (κ1) is 20.9. The number of methoxy groups -OCH3 is 1. The number of hydrogen-bond acceptors (Lipinski definition) is 6. The molecule has 2 aromatic carbocycles. The fourth-order valence-electron chi connectivity index (χ4n) is 3.08. The number of carbonyl (C=O) groups is 1. The Hall–Kier alpha value is -2.35. The van der Waals surface area contributed by atoms with Crippen LogP contribution in [0.25, 0.3) is 0 Å². The van der Waals surface area contributed by atoms with Crippen LogP contribution in [0.1, 0.15) is 6.92 Å². The highest BCUT2D eigenvalue weighted by Crippen LogP contribution is 2.46. The molecule has 1 amide bonds. The number of hydrogen-bond donors (Lipinski definition) is 0. The van der Waals surface area contributed by atoms with Crippen molar-refractivity contribution in [3.8, 4) is 5.75 Å². The summed E-state index contributed by atoms with van der Waals surface area (Å²) in [5.41, 5.74) is 1.85. The number of amidine groups is 1. The van der Waals surface area contributed by atoms with E-state index < -0.39 is 0 Å². The van der Waals surface area contributed by atoms with E-state index in [9.17, 15) is 4.79 Å². The third kappa shape index (κ3) is 4.10. The molecule has 0 bridgehead atoms. The summed E-state index contributed by atoms with van der Waals surface area (Å²) in [7, 11) is 3.63. The van der Waals surface area contributed by atoms with Crippen molar-refractivity contribution in [1.29, 1.82) is 0 Å². The molecule has 30 heavy (non-hydrogen) atoms. The summed E-state index contributed by atoms with van der Waals surface area (Å²) < 4.78 is 5.19. The predicted octanol–water partition coefficient (Wildman–Crippen LogP) is 5.90. The summed E-state index contributed by atoms with van der Waals surface area (Å²) in [5, 5.41) is 2.43. The standard InChI is InChI=1S/C22H20ClN3O2S2/c1-4-26-21(27)19(30-22(26)24-15-6-8-16(28-3)9-7-15)11-12-20-25(2)17-13-14(23)5-10-18(17)29-20/h5-13H,4H2,1-3H3. The first-order valence-electron chi connectivity index (χ1n) is 9.35. The second kappa shape index (κ2) is 8.79. The lowest BCUT2D eigenvalue weighted by molar-refractivity contribution is -0.122. The number of carbonyl (C=O) groups excluding carboxylic acids is 1. The molecule has 2 aromatic rings. The molecule has 5 nitrogen and oxygen atoms in total. The van der Waals surface area contributed by atoms with Gasteiger partial charge in [-0.25, -0.2) is 4.99 Å². The van der Waals surface area contributed by atoms with Gasteiger partial charge in [-0.1, -0.05) is 23.4 Å². The summed E-state index contributed by atoms with van der Waals surface area (Å²) in [6.45, 7) is 2.51. The molecule has 1 saturated heterocycles. The first-order chi connectivity index (χ1) is 14.5. The number of allylic oxidation sites excluding steroid dienone is 2. The molecule has 0 atom stereocenters. The van der Waals surface area contributed by atoms with Crippen molar-refractivity contribution in [3.63, 3.8) is 0 Å². The van der Waals surface area contributed by atoms with Crippen molar-refractivity contribution in [2.75, 3.05) is 25.6 Å². The monoisotopic (exact) mass is 457 g/mol. The van der Waals surface area contributed by atoms with E-state index in [0.717, 1.165) is 27.0 Å². The smallest absolute Gasteiger partial charge is 0.266 e. The van der Waals surface area contributed by atoms with Crippen LogP contribution in [0.15, 0.2) is 74.4 Å². The lowest BCUT2D eigenvalue weighted by Gasteiger charge is -2.13. The molecule has 1 fully saturated rings. The Kier molecular flexibility index (Phi) is 6.13. The maximum atomic E-state index is 12.9. The number of ether oxygens (including phenoxy) is 1. The van der Waals surface area contributed by atoms with E-state index in [2.05, 4.69) is 9.89 Å². The summed E-state index contributed by atoms with van der Waals surface area (Å²) in [6.07, 6.45) is 3.85. The highest BCUT2D eigenvalue weighted by Gasteiger charge is 2.32. The van der Waals surface area contributed by atoms with Gasteiger partial charge < -0.3 is 9.64 Å². The van der Waals surface area contributed by atoms with Crippen LogP contribution in [0.2, 0.25) is 5.02 Å². The van der Waals surface area contributed by atoms with Crippen LogP contribution >= 0.6 is 35.1 Å². The number of amides is 1. The van der Waals surface area contributed by atoms with E-state index in [1.54, 1.807) is 23.8 Å². The van der Waals surface area contributed by atoms with Gasteiger partial charge in [0.2, 0.25) is 0 Å². The minimum absolute atomic E-state index is 0.0298. The number of nitrogens with zero attached hydrogens (tertiary/aromatic N) is 3. The molecular weight excluding hydrogens is 438 g/mol. The van der Waals surface area contributed by atoms with E-state index in [1.165, 1.54) is 11.8 Å². The van der Waals surface area contributed by atoms with Crippen LogP contribution in [0.3, 0.4) is 0 Å². The highest BCUT2D eigenvalue weighted by atomic mass is 35.5. The van der Waals surface area contributed by atoms with Gasteiger partial charge in [-0.2, -0.15) is 0 Å². The molecule has 0 spiro atoms. The van der Waals surface area contributed by atoms with Gasteiger partial charge in [0.1, 0.15) is 5.75 Å². The number of rotatable bonds is 4. The Labute approximate surface area is 189 Å². The van der Waals surface area contributed by atoms with Crippen LogP contribution in [0.5, 0.6) is 5.75 Å². The molecule has 4 rings (SSSR count). The van der Waals surface area contributed by atoms with Gasteiger partial charge in [-0.15, -0.1) is 0 Å². The second-order valence-electron chi connectivity index (χ2n) is 6.55. The zero-order chi connectivity index (χ0) is 21.3. The molecule has 2 aliphatic rings. The maximum Gasteiger partial charge on any atom is 0.266 e. The molecule has 154 valence electrons. The SMILES string of the molecule is CCN1C(=O)C(=CC=C2Sc3ccc(Cl)cc3N2C)SC1=Nc1ccc(OC)cc1. The zero-order valence-electron chi connectivity index (χ0n) is 16.8. The van der Waals surface area contributed by atoms with Gasteiger partial charge in [0.15, 0.2) is 5.17 Å². The summed E-state index contributed by atoms with van der Waals surface area (Å²) in [4.78, 5) is 23.1. The Balaban J connectivity index is 1.57. The van der Waals surface area contributed by atoms with Crippen molar-refractivity contribution < 1.29 is 9.53 Å². The first-order valence-corrected chi connectivity index (χ1v) is 11.4. The number of fused-ring (bicyclic) bond motifs is 1. The van der Waals surface area contributed by atoms with E-state index in [4.69, 9.17) is 16.3 Å². The quantitative estimate of drug-likeness (QED) is 0.535. The Morgan fingerprint density at radius 2 is 1.90 bits per heavy atom. The minimum atomic E-state index is -0.0298. The lowest BCUT2D eigenvalue weighted by Crippen LogP contribution is -2.28. The summed E-state index contributed by atoms with van der Waals surface area (Å²) in [5.74, 6) is 0.743. The van der Waals surface area contributed by atoms with Crippen LogP contribution in [0.4, 0.5) is 11.4 Å². The topological polar surface area (TPSA) is 45.1 Å². The van der Waals surface area contributed by atoms with Crippen molar-refractivity contribution in [3.05, 3.63) is 69.6 Å². The van der Waals surface area contributed by atoms with Crippen LogP contribution < -0.4 is 9.64 Å². The van der Waals surface area contributed by atoms with Gasteiger partial charge in [0.05, 0.1) is 28.4 Å². The van der Waals surface area contributed by atoms with Gasteiger partial charge >= 0.3 is 0 Å². The fraction of sp³-hybridized carbons (Fsp3) is 0.182. The Morgan fingerprint density at radius 1 is 1.13 bits per heavy atom. The zero-order valence-corrected chi connectivity index (χ0v) is 19.1. The van der Waals surface area contributed by atoms with Crippen molar-refractivity contribution in [1.82, 2.24) is 4.90 Å². The molecule has 0 aromatic heterocycles. The van der Waals surface area contributed by atoms with Crippen molar-refractivity contribution >= 4 is 57.6 Å². The third-order valence-corrected chi connectivity index (χ3v) is 7.15. The van der Waals surface area contributed by atoms with Gasteiger partial charge in [-0.3, -0.25) is 9.69 Å². The van der Waals surface area contributed by atoms with E-state index in [-0.39, 0.29) is 5.91 Å². The predicted molar refractivity (Wildman–Crippen MR) is 127 cm³/mol. The van der Waals surface area contributed by atoms with Crippen molar-refractivity contribution in [2.45, 2.75) is 11.8 Å². The second-order valence-corrected chi connectivity index (χ2v) is 9.06. The summed E-state index contributed by atoms with van der Waals surface area (Å²) in [6, 6.07) is 13.3. The molecule has 0 radical (unpaired) electrons. The largest absolute Gasteiger partial charge is 0.497 e. The molecule has 0 aliphatic carbocycles. The van der Waals surface area contributed by atoms with Gasteiger partial charge in [0, 0.05) is 23.5 Å². The molecule has 8 heteroatoms. The van der Waals surface area contributed by atoms with E-state index >= 15 is 0 Å². The van der Waals surface area contributed by atoms with Crippen LogP contribution in [0, 0.1) is 0 Å². The lowest BCUT2D eigenvalue weighted by atomic mass is 10.3. The van der Waals surface area contributed by atoms with E-state index in [1.807, 2.05) is 68.6 Å². The molecule has 0 unspecified atom stereocenters. The highest BCUT2D eigenvalue weighted by molar-refractivity contribution is 8.18. The average molecular weight is 458 g/mol. The number of benzene rings is 2. The normalized spacial score (nSPS) is 20.0. The number of aliphatic imine (C=N–C) groups is 1. The number of likely N-dealkylation sites (N-methyl/N-ethyl adjacent to an activating group) is 1. The Bertz CT molecular complexity index is 1080. The van der Waals surface area contributed by atoms with Gasteiger partial charge in [-0.05, 0) is 73.3 Å². The van der Waals surface area contributed by atoms with Crippen molar-refractivity contribution in [2.24, 2.45) is 4.99 Å². The molecule has 0 saturated carbocycles.